The smallest absolute Gasteiger partial charge is 0.134 e. The van der Waals surface area contributed by atoms with E-state index in [9.17, 15) is 0 Å². The van der Waals surface area contributed by atoms with Crippen LogP contribution >= 0.6 is 0 Å². The number of nitrogens with one attached hydrogen (secondary N) is 1. The Bertz CT molecular complexity index is 436. The predicted octanol–water partition coefficient (Wildman–Crippen LogP) is 1.58. The van der Waals surface area contributed by atoms with Gasteiger partial charge in [-0.15, -0.1) is 0 Å². The number of nitrogens with zero attached hydrogens (tertiary/aromatic N) is 4. The molecular formula is C14H23N5. The maximum Gasteiger partial charge on any atom is 0.134 e. The average molecular weight is 261 g/mol. The summed E-state index contributed by atoms with van der Waals surface area (Å²) < 4.78 is 0. The number of anilines is 2. The molecule has 104 valence electrons. The largest absolute Gasteiger partial charge is 0.370 e. The molecule has 19 heavy (non-hydrogen) atoms. The molecule has 0 radical (unpaired) electrons. The zero-order valence-corrected chi connectivity index (χ0v) is 11.8. The second kappa shape index (κ2) is 5.33. The van der Waals surface area contributed by atoms with Gasteiger partial charge >= 0.3 is 0 Å². The van der Waals surface area contributed by atoms with Gasteiger partial charge < -0.3 is 10.2 Å². The SMILES string of the molecule is CCNc1cc(N2CC3CCCN3CC2C)ncn1. The van der Waals surface area contributed by atoms with E-state index in [-0.39, 0.29) is 0 Å². The standard InChI is InChI=1S/C14H23N5/c1-3-15-13-7-14(17-10-16-13)19-9-12-5-4-6-18(12)8-11(19)2/h7,10-12H,3-6,8-9H2,1-2H3,(H,15,16,17). The lowest BCUT2D eigenvalue weighted by Crippen LogP contribution is -2.55. The van der Waals surface area contributed by atoms with E-state index < -0.39 is 0 Å². The van der Waals surface area contributed by atoms with Crippen LogP contribution in [0.1, 0.15) is 26.7 Å². The van der Waals surface area contributed by atoms with Crippen LogP contribution in [0.25, 0.3) is 0 Å². The van der Waals surface area contributed by atoms with Crippen LogP contribution in [-0.2, 0) is 0 Å². The van der Waals surface area contributed by atoms with Crippen molar-refractivity contribution in [1.29, 1.82) is 0 Å². The average Bonchev–Trinajstić information content (AvgIpc) is 2.85. The van der Waals surface area contributed by atoms with Gasteiger partial charge in [-0.2, -0.15) is 0 Å². The van der Waals surface area contributed by atoms with Crippen LogP contribution in [0, 0.1) is 0 Å². The maximum atomic E-state index is 4.47. The Balaban J connectivity index is 1.78. The lowest BCUT2D eigenvalue weighted by molar-refractivity contribution is 0.202. The first-order valence-electron chi connectivity index (χ1n) is 7.34. The van der Waals surface area contributed by atoms with Crippen LogP contribution < -0.4 is 10.2 Å². The van der Waals surface area contributed by atoms with Gasteiger partial charge in [-0.3, -0.25) is 4.90 Å². The first kappa shape index (κ1) is 12.7. The molecule has 2 atom stereocenters. The van der Waals surface area contributed by atoms with Crippen molar-refractivity contribution in [3.8, 4) is 0 Å². The van der Waals surface area contributed by atoms with Crippen LogP contribution in [-0.4, -0.2) is 53.1 Å². The third-order valence-electron chi connectivity index (χ3n) is 4.24. The Morgan fingerprint density at radius 1 is 1.37 bits per heavy atom. The predicted molar refractivity (Wildman–Crippen MR) is 77.6 cm³/mol. The molecule has 5 nitrogen and oxygen atoms in total. The molecule has 2 unspecified atom stereocenters. The molecule has 0 aromatic carbocycles. The van der Waals surface area contributed by atoms with Gasteiger partial charge in [0.15, 0.2) is 0 Å². The van der Waals surface area contributed by atoms with E-state index in [0.29, 0.717) is 12.1 Å². The summed E-state index contributed by atoms with van der Waals surface area (Å²) >= 11 is 0. The monoisotopic (exact) mass is 261 g/mol. The van der Waals surface area contributed by atoms with Crippen LogP contribution in [0.2, 0.25) is 0 Å². The van der Waals surface area contributed by atoms with Crippen molar-refractivity contribution < 1.29 is 0 Å². The Hall–Kier alpha value is -1.36. The van der Waals surface area contributed by atoms with Crippen molar-refractivity contribution in [2.24, 2.45) is 0 Å². The highest BCUT2D eigenvalue weighted by molar-refractivity contribution is 5.49. The van der Waals surface area contributed by atoms with E-state index in [2.05, 4.69) is 45.0 Å². The highest BCUT2D eigenvalue weighted by atomic mass is 15.3. The Labute approximate surface area is 115 Å². The molecule has 1 aromatic rings. The number of aromatic nitrogens is 2. The van der Waals surface area contributed by atoms with E-state index in [1.54, 1.807) is 6.33 Å². The quantitative estimate of drug-likeness (QED) is 0.895. The van der Waals surface area contributed by atoms with Crippen molar-refractivity contribution in [1.82, 2.24) is 14.9 Å². The molecule has 2 saturated heterocycles. The normalized spacial score (nSPS) is 27.4. The summed E-state index contributed by atoms with van der Waals surface area (Å²) in [5.74, 6) is 1.98. The van der Waals surface area contributed by atoms with E-state index in [0.717, 1.165) is 31.3 Å². The number of hydrogen-bond donors (Lipinski definition) is 1. The molecule has 1 N–H and O–H groups in total. The Morgan fingerprint density at radius 3 is 3.11 bits per heavy atom. The lowest BCUT2D eigenvalue weighted by Gasteiger charge is -2.43. The van der Waals surface area contributed by atoms with E-state index in [1.165, 1.54) is 19.4 Å². The fourth-order valence-corrected chi connectivity index (χ4v) is 3.29. The number of piperazine rings is 1. The van der Waals surface area contributed by atoms with Crippen molar-refractivity contribution in [2.75, 3.05) is 36.4 Å². The summed E-state index contributed by atoms with van der Waals surface area (Å²) in [6.07, 6.45) is 4.34. The number of rotatable bonds is 3. The molecule has 5 heteroatoms. The minimum atomic E-state index is 0.527. The topological polar surface area (TPSA) is 44.3 Å². The van der Waals surface area contributed by atoms with Gasteiger partial charge in [0, 0.05) is 37.8 Å². The van der Waals surface area contributed by atoms with Crippen LogP contribution in [0.4, 0.5) is 11.6 Å². The summed E-state index contributed by atoms with van der Waals surface area (Å²) in [6.45, 7) is 8.80. The van der Waals surface area contributed by atoms with E-state index >= 15 is 0 Å². The molecule has 0 spiro atoms. The molecule has 0 amide bonds. The second-order valence-corrected chi connectivity index (χ2v) is 5.58. The zero-order chi connectivity index (χ0) is 13.2. The maximum absolute atomic E-state index is 4.47. The summed E-state index contributed by atoms with van der Waals surface area (Å²) in [6, 6.07) is 3.32. The van der Waals surface area contributed by atoms with Crippen molar-refractivity contribution >= 4 is 11.6 Å². The summed E-state index contributed by atoms with van der Waals surface area (Å²) in [5.41, 5.74) is 0. The minimum absolute atomic E-state index is 0.527. The summed E-state index contributed by atoms with van der Waals surface area (Å²) in [4.78, 5) is 13.8. The van der Waals surface area contributed by atoms with Crippen LogP contribution in [0.15, 0.2) is 12.4 Å². The third-order valence-corrected chi connectivity index (χ3v) is 4.24. The van der Waals surface area contributed by atoms with Gasteiger partial charge in [0.25, 0.3) is 0 Å². The summed E-state index contributed by atoms with van der Waals surface area (Å²) in [5, 5.41) is 3.26. The van der Waals surface area contributed by atoms with Gasteiger partial charge in [-0.1, -0.05) is 0 Å². The fraction of sp³-hybridized carbons (Fsp3) is 0.714. The second-order valence-electron chi connectivity index (χ2n) is 5.58. The molecular weight excluding hydrogens is 238 g/mol. The molecule has 0 aliphatic carbocycles. The Kier molecular flexibility index (Phi) is 3.55. The van der Waals surface area contributed by atoms with Gasteiger partial charge in [0.05, 0.1) is 0 Å². The molecule has 3 rings (SSSR count). The lowest BCUT2D eigenvalue weighted by atomic mass is 10.1. The minimum Gasteiger partial charge on any atom is -0.370 e. The number of hydrogen-bond acceptors (Lipinski definition) is 5. The summed E-state index contributed by atoms with van der Waals surface area (Å²) in [7, 11) is 0. The molecule has 1 aromatic heterocycles. The molecule has 0 saturated carbocycles. The number of fused-ring (bicyclic) bond motifs is 1. The molecule has 0 bridgehead atoms. The molecule has 2 aliphatic rings. The highest BCUT2D eigenvalue weighted by Crippen LogP contribution is 2.28. The van der Waals surface area contributed by atoms with Gasteiger partial charge in [0.2, 0.25) is 0 Å². The molecule has 2 aliphatic heterocycles. The highest BCUT2D eigenvalue weighted by Gasteiger charge is 2.34. The van der Waals surface area contributed by atoms with Crippen molar-refractivity contribution in [3.05, 3.63) is 12.4 Å². The third kappa shape index (κ3) is 2.52. The van der Waals surface area contributed by atoms with Gasteiger partial charge in [0.1, 0.15) is 18.0 Å². The first-order chi connectivity index (χ1) is 9.28. The van der Waals surface area contributed by atoms with Crippen molar-refractivity contribution in [2.45, 2.75) is 38.8 Å². The molecule has 3 heterocycles. The molecule has 2 fully saturated rings. The van der Waals surface area contributed by atoms with Crippen LogP contribution in [0.5, 0.6) is 0 Å². The van der Waals surface area contributed by atoms with Crippen LogP contribution in [0.3, 0.4) is 0 Å². The fourth-order valence-electron chi connectivity index (χ4n) is 3.29. The van der Waals surface area contributed by atoms with E-state index in [4.69, 9.17) is 0 Å². The van der Waals surface area contributed by atoms with Gasteiger partial charge in [-0.05, 0) is 33.2 Å². The van der Waals surface area contributed by atoms with Crippen molar-refractivity contribution in [3.63, 3.8) is 0 Å². The van der Waals surface area contributed by atoms with Gasteiger partial charge in [-0.25, -0.2) is 9.97 Å². The van der Waals surface area contributed by atoms with E-state index in [1.807, 2.05) is 0 Å². The first-order valence-corrected chi connectivity index (χ1v) is 7.34. The Morgan fingerprint density at radius 2 is 2.26 bits per heavy atom. The zero-order valence-electron chi connectivity index (χ0n) is 11.8.